The third kappa shape index (κ3) is 94.4. The molecular formula is C61H139ClN28OS3. The van der Waals surface area contributed by atoms with E-state index in [0.717, 1.165) is 165 Å². The zero-order valence-corrected chi connectivity index (χ0v) is 63.9. The summed E-state index contributed by atoms with van der Waals surface area (Å²) in [7, 11) is 7.98. The van der Waals surface area contributed by atoms with Crippen molar-refractivity contribution in [1.29, 1.82) is 5.41 Å². The van der Waals surface area contributed by atoms with E-state index >= 15 is 0 Å². The van der Waals surface area contributed by atoms with Gasteiger partial charge >= 0.3 is 0 Å². The van der Waals surface area contributed by atoms with Crippen molar-refractivity contribution >= 4 is 93.6 Å². The predicted molar refractivity (Wildman–Crippen MR) is 427 cm³/mol. The van der Waals surface area contributed by atoms with Gasteiger partial charge in [0.1, 0.15) is 12.7 Å². The summed E-state index contributed by atoms with van der Waals surface area (Å²) in [5, 5.41) is 31.5. The lowest BCUT2D eigenvalue weighted by Gasteiger charge is -2.02. The van der Waals surface area contributed by atoms with Crippen LogP contribution in [0.5, 0.6) is 0 Å². The number of thioether (sulfide) groups is 1. The molecule has 0 unspecified atom stereocenters. The van der Waals surface area contributed by atoms with Gasteiger partial charge in [-0.2, -0.15) is 5.10 Å². The second kappa shape index (κ2) is 105. The zero-order chi connectivity index (χ0) is 73.4. The van der Waals surface area contributed by atoms with Crippen LogP contribution in [0.1, 0.15) is 132 Å². The fourth-order valence-corrected chi connectivity index (χ4v) is 5.55. The number of guanidine groups is 2. The first kappa shape index (κ1) is 112. The van der Waals surface area contributed by atoms with Crippen LogP contribution in [0.2, 0.25) is 0 Å². The molecule has 4 aliphatic rings. The number of nitrogens with zero attached hydrogens (tertiary/aromatic N) is 11. The lowest BCUT2D eigenvalue weighted by molar-refractivity contribution is 0.395. The largest absolute Gasteiger partial charge is 0.484 e. The SMILES string of the molecule is C=C.C=C.CCCN.CCCN.CCCN.CCCN.CCCN=C(N)N.CCCNC(=S)NC.CCCNC1=NCCC1.CCCNC1=NCCN1.CN.CN.CN.COC1=NCCC1.CSC1=NCCN1.Cl.N=C(N)n1cccn1.S=C(n1ccnc1)n1ccnc1. The van der Waals surface area contributed by atoms with E-state index in [1.54, 1.807) is 83.9 Å². The standard InChI is InChI=1S/C7H6N4S.C7H14N2.C6H13N3.C5H12N2S.C5H9NO.C4H6N4.C4H11N3.C4H8N2S.4C3H9N.2C2H4.3CH5N.ClH/c12-7(10-3-1-8-5-10)11-4-2-9-6-11;1-2-5-8-7-4-3-6-9-7;1-2-3-7-6-8-4-5-9-6;1-3-4-7-5(8)6-2;1-7-5-3-2-4-6-5;5-4(6)8-3-1-2-7-8;1-2-3-7-4(5)6;1-7-4-5-2-3-6-4;4*1-2-3-4;5*1-2;/h1-6H;2-6H2,1H3,(H,8,9);2-5H2,1H3,(H2,7,8,9);3-4H2,1-2H3,(H2,6,7,8);2-4H2,1H3;1-3H,(H3,5,6);2-3H2,1H3,(H4,5,6,7);2-3H2,1H3,(H,5,6);4*2-4H2,1H3;2*1-2H2;3*2H2,1H3;1H. The van der Waals surface area contributed by atoms with Crippen molar-refractivity contribution in [2.24, 2.45) is 82.3 Å². The van der Waals surface area contributed by atoms with Gasteiger partial charge in [0.05, 0.1) is 26.0 Å². The fourth-order valence-electron chi connectivity index (χ4n) is 4.76. The van der Waals surface area contributed by atoms with Crippen LogP contribution in [0.3, 0.4) is 0 Å². The molecule has 0 atom stereocenters. The van der Waals surface area contributed by atoms with Crippen molar-refractivity contribution in [3.05, 3.63) is 82.2 Å². The van der Waals surface area contributed by atoms with Gasteiger partial charge in [0, 0.05) is 109 Å². The van der Waals surface area contributed by atoms with E-state index in [1.165, 1.54) is 57.3 Å². The number of rotatable bonds is 12. The van der Waals surface area contributed by atoms with Crippen LogP contribution in [0.15, 0.2) is 107 Å². The van der Waals surface area contributed by atoms with Crippen molar-refractivity contribution in [2.45, 2.75) is 132 Å². The quantitative estimate of drug-likeness (QED) is 0.0492. The Kier molecular flexibility index (Phi) is 126. The summed E-state index contributed by atoms with van der Waals surface area (Å²) in [6, 6.07) is 1.71. The molecule has 0 radical (unpaired) electrons. The van der Waals surface area contributed by atoms with Crippen LogP contribution in [0.25, 0.3) is 0 Å². The topological polar surface area (TPSA) is 481 Å². The van der Waals surface area contributed by atoms with E-state index in [1.807, 2.05) is 20.2 Å². The monoisotopic (exact) mass is 1410 g/mol. The van der Waals surface area contributed by atoms with Crippen molar-refractivity contribution in [2.75, 3.05) is 133 Å². The van der Waals surface area contributed by atoms with Crippen molar-refractivity contribution in [3.63, 3.8) is 0 Å². The van der Waals surface area contributed by atoms with Gasteiger partial charge in [-0.1, -0.05) is 67.2 Å². The fraction of sp³-hybridized carbons (Fsp3) is 0.656. The highest BCUT2D eigenvalue weighted by Crippen LogP contribution is 2.03. The molecule has 27 N–H and O–H groups in total. The second-order valence-corrected chi connectivity index (χ2v) is 18.4. The summed E-state index contributed by atoms with van der Waals surface area (Å²) in [5.74, 6) is 3.23. The first-order valence-electron chi connectivity index (χ1n) is 31.7. The average Bonchev–Trinajstić information content (AvgIpc) is 2.32. The number of methoxy groups -OCH3 is 1. The molecule has 33 heteroatoms. The number of nitrogen functional groups attached to an aromatic ring is 1. The number of thiocarbonyl (C=S) groups is 2. The maximum atomic E-state index is 6.83. The Morgan fingerprint density at radius 2 is 1.10 bits per heavy atom. The molecule has 3 aromatic heterocycles. The molecule has 0 saturated heterocycles. The molecular weight excluding hydrogens is 1270 g/mol. The van der Waals surface area contributed by atoms with Gasteiger partial charge in [0.2, 0.25) is 5.96 Å². The normalized spacial score (nSPS) is 11.0. The molecule has 3 aromatic rings. The summed E-state index contributed by atoms with van der Waals surface area (Å²) in [4.78, 5) is 28.1. The number of ether oxygens (including phenoxy) is 1. The number of nitrogens with one attached hydrogen (secondary N) is 7. The number of aromatic nitrogens is 6. The highest BCUT2D eigenvalue weighted by atomic mass is 35.5. The number of aliphatic imine (C=N–C) groups is 5. The van der Waals surface area contributed by atoms with Crippen molar-refractivity contribution in [3.8, 4) is 0 Å². The van der Waals surface area contributed by atoms with Gasteiger partial charge in [0.25, 0.3) is 0 Å². The Labute approximate surface area is 591 Å². The molecule has 0 saturated carbocycles. The molecule has 0 aromatic carbocycles. The molecule has 0 bridgehead atoms. The number of hydrogen-bond donors (Lipinski definition) is 17. The second-order valence-electron chi connectivity index (χ2n) is 16.9. The van der Waals surface area contributed by atoms with E-state index in [2.05, 4.69) is 164 Å². The first-order chi connectivity index (χ1) is 45.1. The molecule has 0 fully saturated rings. The highest BCUT2D eigenvalue weighted by Gasteiger charge is 2.05. The Morgan fingerprint density at radius 3 is 1.35 bits per heavy atom. The van der Waals surface area contributed by atoms with Gasteiger partial charge < -0.3 is 94.0 Å². The molecule has 29 nitrogen and oxygen atoms in total. The summed E-state index contributed by atoms with van der Waals surface area (Å²) < 4.78 is 9.63. The van der Waals surface area contributed by atoms with E-state index in [9.17, 15) is 0 Å². The molecule has 7 heterocycles. The Hall–Kier alpha value is -6.33. The van der Waals surface area contributed by atoms with E-state index in [-0.39, 0.29) is 24.3 Å². The molecule has 4 aliphatic heterocycles. The molecule has 0 aliphatic carbocycles. The van der Waals surface area contributed by atoms with Gasteiger partial charge in [-0.15, -0.1) is 38.7 Å². The van der Waals surface area contributed by atoms with Crippen LogP contribution >= 0.6 is 48.6 Å². The lowest BCUT2D eigenvalue weighted by atomic mass is 10.3. The van der Waals surface area contributed by atoms with Crippen LogP contribution in [-0.4, -0.2) is 207 Å². The summed E-state index contributed by atoms with van der Waals surface area (Å²) in [5.41, 5.74) is 48.7. The molecule has 94 heavy (non-hydrogen) atoms. The first-order valence-corrected chi connectivity index (χ1v) is 33.8. The number of amidine groups is 2. The molecule has 7 rings (SSSR count). The number of imidazole rings is 2. The summed E-state index contributed by atoms with van der Waals surface area (Å²) in [6.45, 7) is 41.6. The third-order valence-electron chi connectivity index (χ3n) is 9.22. The minimum atomic E-state index is -0.0602. The van der Waals surface area contributed by atoms with Gasteiger partial charge in [-0.3, -0.25) is 39.5 Å². The number of nitrogens with two attached hydrogens (primary N) is 10. The Bertz CT molecular complexity index is 1910. The van der Waals surface area contributed by atoms with E-state index in [4.69, 9.17) is 74.7 Å². The lowest BCUT2D eigenvalue weighted by Crippen LogP contribution is -2.33. The molecule has 554 valence electrons. The third-order valence-corrected chi connectivity index (χ3v) is 10.6. The van der Waals surface area contributed by atoms with Crippen molar-refractivity contribution in [1.82, 2.24) is 60.8 Å². The Morgan fingerprint density at radius 1 is 0.638 bits per heavy atom. The maximum Gasteiger partial charge on any atom is 0.213 e. The number of halogens is 1. The van der Waals surface area contributed by atoms with Gasteiger partial charge in [-0.25, -0.2) is 14.6 Å². The van der Waals surface area contributed by atoms with Crippen LogP contribution in [0, 0.1) is 5.41 Å². The van der Waals surface area contributed by atoms with Gasteiger partial charge in [0.15, 0.2) is 33.2 Å². The summed E-state index contributed by atoms with van der Waals surface area (Å²) >= 11 is 11.6. The summed E-state index contributed by atoms with van der Waals surface area (Å²) in [6.07, 6.45) is 28.9. The van der Waals surface area contributed by atoms with Gasteiger partial charge in [-0.05, 0) is 148 Å². The van der Waals surface area contributed by atoms with Crippen LogP contribution < -0.4 is 89.2 Å². The van der Waals surface area contributed by atoms with Crippen molar-refractivity contribution < 1.29 is 4.74 Å². The Balaban J connectivity index is -0.0000000887. The predicted octanol–water partition coefficient (Wildman–Crippen LogP) is 4.97. The van der Waals surface area contributed by atoms with E-state index < -0.39 is 0 Å². The average molecular weight is 1410 g/mol. The van der Waals surface area contributed by atoms with E-state index in [0.29, 0.717) is 5.11 Å². The number of hydrogen-bond acceptors (Lipinski definition) is 24. The van der Waals surface area contributed by atoms with Crippen LogP contribution in [-0.2, 0) is 4.74 Å². The van der Waals surface area contributed by atoms with Crippen LogP contribution in [0.4, 0.5) is 0 Å². The molecule has 0 spiro atoms. The zero-order valence-electron chi connectivity index (χ0n) is 60.6. The maximum absolute atomic E-state index is 6.83. The highest BCUT2D eigenvalue weighted by molar-refractivity contribution is 8.13. The smallest absolute Gasteiger partial charge is 0.213 e. The molecule has 0 amide bonds. The minimum Gasteiger partial charge on any atom is -0.484 e. The minimum absolute atomic E-state index is 0.